The summed E-state index contributed by atoms with van der Waals surface area (Å²) in [7, 11) is 0. The first-order chi connectivity index (χ1) is 14.2. The maximum atomic E-state index is 11.1. The van der Waals surface area contributed by atoms with Gasteiger partial charge in [0.05, 0.1) is 10.6 Å². The number of aryl methyl sites for hydroxylation is 1. The molecule has 0 atom stereocenters. The summed E-state index contributed by atoms with van der Waals surface area (Å²) >= 11 is 2.96. The number of allylic oxidation sites excluding steroid dienone is 1. The Morgan fingerprint density at radius 1 is 1.14 bits per heavy atom. The molecule has 0 saturated heterocycles. The van der Waals surface area contributed by atoms with Gasteiger partial charge in [-0.15, -0.1) is 10.2 Å². The van der Waals surface area contributed by atoms with Gasteiger partial charge in [0.25, 0.3) is 0 Å². The number of fused-ring (bicyclic) bond motifs is 1. The summed E-state index contributed by atoms with van der Waals surface area (Å²) in [5.41, 5.74) is 3.05. The zero-order valence-electron chi connectivity index (χ0n) is 16.1. The summed E-state index contributed by atoms with van der Waals surface area (Å²) in [6.07, 6.45) is 9.62. The molecular formula is C21H21N5OS2. The van der Waals surface area contributed by atoms with Gasteiger partial charge < -0.3 is 5.11 Å². The van der Waals surface area contributed by atoms with E-state index in [0.717, 1.165) is 44.4 Å². The van der Waals surface area contributed by atoms with Crippen molar-refractivity contribution in [3.05, 3.63) is 44.5 Å². The molecule has 1 aromatic carbocycles. The second kappa shape index (κ2) is 7.68. The molecule has 148 valence electrons. The Morgan fingerprint density at radius 3 is 2.76 bits per heavy atom. The lowest BCUT2D eigenvalue weighted by Gasteiger charge is -2.23. The molecule has 2 aromatic heterocycles. The fourth-order valence-electron chi connectivity index (χ4n) is 3.95. The van der Waals surface area contributed by atoms with Crippen LogP contribution in [0, 0.1) is 6.92 Å². The quantitative estimate of drug-likeness (QED) is 0.612. The standard InChI is InChI=1S/C21H21N5OS2/c1-13-24-25-20(28-13)23-21-26(15-7-3-2-4-8-15)19(27)18(29-21)11-14-12-22-17-10-6-5-9-16(14)17/h5-6,9-12,15,27H,2-4,7-8H2,1H3/b14-11+,23-21+. The highest BCUT2D eigenvalue weighted by atomic mass is 32.1. The number of aliphatic imine (C=N–C) groups is 1. The van der Waals surface area contributed by atoms with Gasteiger partial charge in [-0.2, -0.15) is 4.99 Å². The van der Waals surface area contributed by atoms with Gasteiger partial charge in [-0.25, -0.2) is 0 Å². The Kier molecular flexibility index (Phi) is 4.89. The van der Waals surface area contributed by atoms with Crippen molar-refractivity contribution in [1.82, 2.24) is 14.8 Å². The van der Waals surface area contributed by atoms with Crippen molar-refractivity contribution in [3.8, 4) is 5.88 Å². The fourth-order valence-corrected chi connectivity index (χ4v) is 5.61. The molecule has 3 heterocycles. The van der Waals surface area contributed by atoms with Crippen LogP contribution in [0.4, 0.5) is 10.8 Å². The molecule has 2 aliphatic rings. The molecule has 1 aliphatic carbocycles. The van der Waals surface area contributed by atoms with Gasteiger partial charge in [-0.05, 0) is 31.9 Å². The minimum atomic E-state index is 0.268. The summed E-state index contributed by atoms with van der Waals surface area (Å²) in [4.78, 5) is 10.8. The second-order valence-electron chi connectivity index (χ2n) is 7.32. The number of para-hydroxylation sites is 1. The van der Waals surface area contributed by atoms with Gasteiger partial charge >= 0.3 is 0 Å². The number of hydrogen-bond donors (Lipinski definition) is 1. The van der Waals surface area contributed by atoms with Crippen LogP contribution in [0.5, 0.6) is 5.88 Å². The summed E-state index contributed by atoms with van der Waals surface area (Å²) in [6, 6.07) is 8.32. The lowest BCUT2D eigenvalue weighted by molar-refractivity contribution is 0.307. The highest BCUT2D eigenvalue weighted by molar-refractivity contribution is 7.15. The Bertz CT molecular complexity index is 1180. The normalized spacial score (nSPS) is 18.7. The molecule has 1 fully saturated rings. The van der Waals surface area contributed by atoms with Crippen molar-refractivity contribution in [2.45, 2.75) is 45.1 Å². The van der Waals surface area contributed by atoms with E-state index in [4.69, 9.17) is 4.99 Å². The van der Waals surface area contributed by atoms with Gasteiger partial charge in [0.2, 0.25) is 11.0 Å². The molecule has 1 N–H and O–H groups in total. The zero-order valence-corrected chi connectivity index (χ0v) is 17.7. The predicted molar refractivity (Wildman–Crippen MR) is 118 cm³/mol. The summed E-state index contributed by atoms with van der Waals surface area (Å²) in [5, 5.41) is 20.9. The maximum absolute atomic E-state index is 11.1. The van der Waals surface area contributed by atoms with E-state index >= 15 is 0 Å². The van der Waals surface area contributed by atoms with Gasteiger partial charge in [-0.3, -0.25) is 9.56 Å². The van der Waals surface area contributed by atoms with Gasteiger partial charge in [-0.1, -0.05) is 60.1 Å². The van der Waals surface area contributed by atoms with Crippen LogP contribution in [0.1, 0.15) is 53.6 Å². The summed E-state index contributed by atoms with van der Waals surface area (Å²) < 4.78 is 2.00. The van der Waals surface area contributed by atoms with Crippen LogP contribution in [0.25, 0.3) is 11.6 Å². The Labute approximate surface area is 176 Å². The van der Waals surface area contributed by atoms with Gasteiger partial charge in [0, 0.05) is 23.4 Å². The molecule has 0 spiro atoms. The van der Waals surface area contributed by atoms with E-state index in [9.17, 15) is 5.11 Å². The number of rotatable bonds is 3. The van der Waals surface area contributed by atoms with Crippen molar-refractivity contribution >= 4 is 51.4 Å². The predicted octanol–water partition coefficient (Wildman–Crippen LogP) is 5.41. The zero-order chi connectivity index (χ0) is 19.8. The highest BCUT2D eigenvalue weighted by Gasteiger charge is 2.23. The Balaban J connectivity index is 1.63. The average Bonchev–Trinajstić information content (AvgIpc) is 3.42. The first kappa shape index (κ1) is 18.4. The summed E-state index contributed by atoms with van der Waals surface area (Å²) in [6.45, 7) is 1.92. The molecule has 8 heteroatoms. The SMILES string of the molecule is Cc1nnc(/N=c2/sc(/C=C3\C=Nc4ccccc43)c(O)n2C2CCCCC2)s1. The number of aromatic hydroxyl groups is 1. The van der Waals surface area contributed by atoms with E-state index < -0.39 is 0 Å². The number of thiazole rings is 1. The Hall–Kier alpha value is -2.58. The first-order valence-corrected chi connectivity index (χ1v) is 11.5. The minimum Gasteiger partial charge on any atom is -0.493 e. The molecule has 0 amide bonds. The number of hydrogen-bond acceptors (Lipinski definition) is 7. The fraction of sp³-hybridized carbons (Fsp3) is 0.333. The van der Waals surface area contributed by atoms with E-state index in [-0.39, 0.29) is 11.9 Å². The van der Waals surface area contributed by atoms with Crippen LogP contribution in [-0.4, -0.2) is 26.1 Å². The highest BCUT2D eigenvalue weighted by Crippen LogP contribution is 2.37. The third-order valence-electron chi connectivity index (χ3n) is 5.35. The molecule has 3 aromatic rings. The topological polar surface area (TPSA) is 75.7 Å². The van der Waals surface area contributed by atoms with Crippen LogP contribution in [0.3, 0.4) is 0 Å². The van der Waals surface area contributed by atoms with Crippen molar-refractivity contribution in [2.75, 3.05) is 0 Å². The van der Waals surface area contributed by atoms with E-state index in [2.05, 4.69) is 21.3 Å². The lowest BCUT2D eigenvalue weighted by atomic mass is 9.95. The first-order valence-electron chi connectivity index (χ1n) is 9.83. The smallest absolute Gasteiger partial charge is 0.234 e. The maximum Gasteiger partial charge on any atom is 0.234 e. The van der Waals surface area contributed by atoms with Crippen molar-refractivity contribution in [1.29, 1.82) is 0 Å². The van der Waals surface area contributed by atoms with Crippen molar-refractivity contribution in [3.63, 3.8) is 0 Å². The molecule has 6 nitrogen and oxygen atoms in total. The van der Waals surface area contributed by atoms with Gasteiger partial charge in [0.1, 0.15) is 5.01 Å². The largest absolute Gasteiger partial charge is 0.493 e. The number of nitrogens with zero attached hydrogens (tertiary/aromatic N) is 5. The molecule has 29 heavy (non-hydrogen) atoms. The molecule has 0 unspecified atom stereocenters. The average molecular weight is 424 g/mol. The number of benzene rings is 1. The van der Waals surface area contributed by atoms with Crippen molar-refractivity contribution < 1.29 is 5.11 Å². The van der Waals surface area contributed by atoms with Gasteiger partial charge in [0.15, 0.2) is 4.80 Å². The van der Waals surface area contributed by atoms with Crippen LogP contribution < -0.4 is 4.80 Å². The van der Waals surface area contributed by atoms with E-state index in [1.54, 1.807) is 0 Å². The third kappa shape index (κ3) is 3.58. The molecule has 0 radical (unpaired) electrons. The number of aromatic nitrogens is 3. The van der Waals surface area contributed by atoms with Crippen LogP contribution in [-0.2, 0) is 0 Å². The Morgan fingerprint density at radius 2 is 1.97 bits per heavy atom. The molecule has 1 saturated carbocycles. The molecule has 0 bridgehead atoms. The van der Waals surface area contributed by atoms with E-state index in [0.29, 0.717) is 5.13 Å². The molecular weight excluding hydrogens is 402 g/mol. The third-order valence-corrected chi connectivity index (χ3v) is 7.07. The lowest BCUT2D eigenvalue weighted by Crippen LogP contribution is -2.22. The minimum absolute atomic E-state index is 0.268. The van der Waals surface area contributed by atoms with Crippen LogP contribution in [0.2, 0.25) is 0 Å². The van der Waals surface area contributed by atoms with Crippen LogP contribution >= 0.6 is 22.7 Å². The van der Waals surface area contributed by atoms with E-state index in [1.807, 2.05) is 42.0 Å². The second-order valence-corrected chi connectivity index (χ2v) is 9.49. The van der Waals surface area contributed by atoms with E-state index in [1.165, 1.54) is 41.9 Å². The molecule has 5 rings (SSSR count). The van der Waals surface area contributed by atoms with Crippen LogP contribution in [0.15, 0.2) is 34.3 Å². The monoisotopic (exact) mass is 423 g/mol. The summed E-state index contributed by atoms with van der Waals surface area (Å²) in [5.74, 6) is 0.284. The molecule has 1 aliphatic heterocycles. The van der Waals surface area contributed by atoms with Crippen molar-refractivity contribution in [2.24, 2.45) is 9.98 Å².